The van der Waals surface area contributed by atoms with Crippen LogP contribution < -0.4 is 0 Å². The fraction of sp³-hybridized carbons (Fsp3) is 0.364. The smallest absolute Gasteiger partial charge is 0.331 e. The summed E-state index contributed by atoms with van der Waals surface area (Å²) in [7, 11) is 0. The van der Waals surface area contributed by atoms with E-state index in [1.54, 1.807) is 18.5 Å². The zero-order valence-corrected chi connectivity index (χ0v) is 10.1. The van der Waals surface area contributed by atoms with Crippen LogP contribution in [0.1, 0.15) is 18.9 Å². The molecule has 0 aliphatic heterocycles. The Bertz CT molecular complexity index is 387. The molecular weight excluding hydrogens is 224 g/mol. The zero-order chi connectivity index (χ0) is 12.0. The van der Waals surface area contributed by atoms with Crippen LogP contribution in [0.15, 0.2) is 29.2 Å². The number of aryl methyl sites for hydroxylation is 1. The number of aliphatic carboxylic acids is 1. The fourth-order valence-corrected chi connectivity index (χ4v) is 1.74. The molecule has 0 aromatic carbocycles. The largest absolute Gasteiger partial charge is 0.478 e. The summed E-state index contributed by atoms with van der Waals surface area (Å²) in [6, 6.07) is 0. The predicted molar refractivity (Wildman–Crippen MR) is 63.5 cm³/mol. The number of hydrogen-bond acceptors (Lipinski definition) is 4. The molecule has 0 saturated carbocycles. The lowest BCUT2D eigenvalue weighted by Crippen LogP contribution is -1.99. The van der Waals surface area contributed by atoms with Gasteiger partial charge in [0.2, 0.25) is 0 Å². The number of aromatic nitrogens is 2. The molecule has 0 unspecified atom stereocenters. The molecule has 0 aliphatic carbocycles. The number of carbonyl (C=O) groups is 1. The van der Waals surface area contributed by atoms with Gasteiger partial charge in [0, 0.05) is 23.7 Å². The number of thioether (sulfide) groups is 1. The summed E-state index contributed by atoms with van der Waals surface area (Å²) in [6.07, 6.45) is 5.73. The molecule has 86 valence electrons. The molecule has 1 aromatic rings. The van der Waals surface area contributed by atoms with Crippen molar-refractivity contribution in [2.75, 3.05) is 5.75 Å². The van der Waals surface area contributed by atoms with Gasteiger partial charge in [-0.15, -0.1) is 0 Å². The van der Waals surface area contributed by atoms with E-state index in [4.69, 9.17) is 5.11 Å². The SMILES string of the molecule is CCC(=CCSc1ncc(C)cn1)C(=O)O. The van der Waals surface area contributed by atoms with Gasteiger partial charge in [-0.3, -0.25) is 0 Å². The molecule has 1 heterocycles. The molecule has 5 heteroatoms. The first-order valence-corrected chi connectivity index (χ1v) is 5.95. The Morgan fingerprint density at radius 1 is 1.50 bits per heavy atom. The normalized spacial score (nSPS) is 11.5. The summed E-state index contributed by atoms with van der Waals surface area (Å²) in [5, 5.41) is 9.47. The highest BCUT2D eigenvalue weighted by Crippen LogP contribution is 2.13. The van der Waals surface area contributed by atoms with E-state index in [2.05, 4.69) is 9.97 Å². The fourth-order valence-electron chi connectivity index (χ4n) is 1.05. The van der Waals surface area contributed by atoms with Crippen molar-refractivity contribution in [1.82, 2.24) is 9.97 Å². The average Bonchev–Trinajstić information content (AvgIpc) is 2.26. The minimum absolute atomic E-state index is 0.430. The number of carboxylic acid groups (broad SMARTS) is 1. The first kappa shape index (κ1) is 12.7. The van der Waals surface area contributed by atoms with Crippen molar-refractivity contribution in [3.8, 4) is 0 Å². The molecule has 0 atom stereocenters. The van der Waals surface area contributed by atoms with Gasteiger partial charge in [-0.05, 0) is 18.9 Å². The Labute approximate surface area is 98.8 Å². The van der Waals surface area contributed by atoms with Gasteiger partial charge < -0.3 is 5.11 Å². The third kappa shape index (κ3) is 4.02. The first-order chi connectivity index (χ1) is 7.63. The van der Waals surface area contributed by atoms with Crippen molar-refractivity contribution in [1.29, 1.82) is 0 Å². The van der Waals surface area contributed by atoms with Crippen molar-refractivity contribution in [2.45, 2.75) is 25.4 Å². The van der Waals surface area contributed by atoms with Crippen LogP contribution >= 0.6 is 11.8 Å². The highest BCUT2D eigenvalue weighted by atomic mass is 32.2. The first-order valence-electron chi connectivity index (χ1n) is 4.97. The van der Waals surface area contributed by atoms with Gasteiger partial charge in [0.05, 0.1) is 0 Å². The van der Waals surface area contributed by atoms with Crippen molar-refractivity contribution >= 4 is 17.7 Å². The molecule has 1 rings (SSSR count). The average molecular weight is 238 g/mol. The van der Waals surface area contributed by atoms with E-state index in [-0.39, 0.29) is 0 Å². The molecule has 0 radical (unpaired) electrons. The summed E-state index contributed by atoms with van der Waals surface area (Å²) in [4.78, 5) is 19.0. The van der Waals surface area contributed by atoms with Gasteiger partial charge in [-0.1, -0.05) is 24.8 Å². The van der Waals surface area contributed by atoms with E-state index in [0.717, 1.165) is 5.56 Å². The molecule has 0 amide bonds. The maximum atomic E-state index is 10.7. The van der Waals surface area contributed by atoms with Crippen LogP contribution in [0.2, 0.25) is 0 Å². The summed E-state index contributed by atoms with van der Waals surface area (Å²) < 4.78 is 0. The van der Waals surface area contributed by atoms with Crippen LogP contribution in [0.3, 0.4) is 0 Å². The molecule has 0 fully saturated rings. The molecule has 1 N–H and O–H groups in total. The maximum Gasteiger partial charge on any atom is 0.331 e. The highest BCUT2D eigenvalue weighted by Gasteiger charge is 2.03. The standard InChI is InChI=1S/C11H14N2O2S/c1-3-9(10(14)15)4-5-16-11-12-6-8(2)7-13-11/h4,6-7H,3,5H2,1-2H3,(H,14,15). The quantitative estimate of drug-likeness (QED) is 0.484. The predicted octanol–water partition coefficient (Wildman–Crippen LogP) is 2.30. The molecule has 0 spiro atoms. The van der Waals surface area contributed by atoms with Crippen molar-refractivity contribution in [3.63, 3.8) is 0 Å². The van der Waals surface area contributed by atoms with E-state index in [0.29, 0.717) is 22.9 Å². The molecule has 16 heavy (non-hydrogen) atoms. The van der Waals surface area contributed by atoms with Crippen LogP contribution in [0.4, 0.5) is 0 Å². The van der Waals surface area contributed by atoms with Crippen LogP contribution in [-0.2, 0) is 4.79 Å². The Balaban J connectivity index is 2.52. The third-order valence-electron chi connectivity index (χ3n) is 1.96. The molecule has 1 aromatic heterocycles. The van der Waals surface area contributed by atoms with Crippen LogP contribution in [-0.4, -0.2) is 26.8 Å². The Kier molecular flexibility index (Phi) is 4.98. The second-order valence-corrected chi connectivity index (χ2v) is 4.23. The number of nitrogens with zero attached hydrogens (tertiary/aromatic N) is 2. The van der Waals surface area contributed by atoms with E-state index in [9.17, 15) is 4.79 Å². The molecule has 0 aliphatic rings. The minimum atomic E-state index is -0.854. The summed E-state index contributed by atoms with van der Waals surface area (Å²) in [5.74, 6) is -0.272. The summed E-state index contributed by atoms with van der Waals surface area (Å²) in [5.41, 5.74) is 1.44. The Morgan fingerprint density at radius 3 is 2.62 bits per heavy atom. The van der Waals surface area contributed by atoms with E-state index in [1.165, 1.54) is 11.8 Å². The minimum Gasteiger partial charge on any atom is -0.478 e. The highest BCUT2D eigenvalue weighted by molar-refractivity contribution is 7.99. The van der Waals surface area contributed by atoms with Gasteiger partial charge in [-0.25, -0.2) is 14.8 Å². The second kappa shape index (κ2) is 6.27. The second-order valence-electron chi connectivity index (χ2n) is 3.24. The van der Waals surface area contributed by atoms with Gasteiger partial charge in [0.15, 0.2) is 5.16 Å². The Hall–Kier alpha value is -1.36. The van der Waals surface area contributed by atoms with Crippen molar-refractivity contribution in [2.24, 2.45) is 0 Å². The van der Waals surface area contributed by atoms with Gasteiger partial charge in [-0.2, -0.15) is 0 Å². The van der Waals surface area contributed by atoms with Gasteiger partial charge in [0.1, 0.15) is 0 Å². The number of carboxylic acids is 1. The molecule has 0 saturated heterocycles. The topological polar surface area (TPSA) is 63.1 Å². The van der Waals surface area contributed by atoms with Crippen LogP contribution in [0, 0.1) is 6.92 Å². The van der Waals surface area contributed by atoms with E-state index < -0.39 is 5.97 Å². The van der Waals surface area contributed by atoms with Crippen LogP contribution in [0.25, 0.3) is 0 Å². The lowest BCUT2D eigenvalue weighted by atomic mass is 10.2. The molecular formula is C11H14N2O2S. The van der Waals surface area contributed by atoms with E-state index in [1.807, 2.05) is 13.8 Å². The van der Waals surface area contributed by atoms with E-state index >= 15 is 0 Å². The number of hydrogen-bond donors (Lipinski definition) is 1. The summed E-state index contributed by atoms with van der Waals surface area (Å²) in [6.45, 7) is 3.75. The molecule has 0 bridgehead atoms. The van der Waals surface area contributed by atoms with Crippen molar-refractivity contribution in [3.05, 3.63) is 29.6 Å². The summed E-state index contributed by atoms with van der Waals surface area (Å²) >= 11 is 1.43. The van der Waals surface area contributed by atoms with Crippen molar-refractivity contribution < 1.29 is 9.90 Å². The Morgan fingerprint density at radius 2 is 2.12 bits per heavy atom. The number of rotatable bonds is 5. The van der Waals surface area contributed by atoms with Gasteiger partial charge in [0.25, 0.3) is 0 Å². The van der Waals surface area contributed by atoms with Crippen LogP contribution in [0.5, 0.6) is 0 Å². The molecule has 4 nitrogen and oxygen atoms in total. The third-order valence-corrected chi connectivity index (χ3v) is 2.76. The lowest BCUT2D eigenvalue weighted by Gasteiger charge is -1.99. The lowest BCUT2D eigenvalue weighted by molar-refractivity contribution is -0.132. The maximum absolute atomic E-state index is 10.7. The zero-order valence-electron chi connectivity index (χ0n) is 9.30. The monoisotopic (exact) mass is 238 g/mol. The van der Waals surface area contributed by atoms with Gasteiger partial charge >= 0.3 is 5.97 Å².